The molecule has 0 unspecified atom stereocenters. The van der Waals surface area contributed by atoms with Crippen molar-refractivity contribution in [3.05, 3.63) is 41.7 Å². The number of fused-ring (bicyclic) bond motifs is 2. The minimum Gasteiger partial charge on any atom is -0.384 e. The quantitative estimate of drug-likeness (QED) is 0.497. The molecule has 0 bridgehead atoms. The Morgan fingerprint density at radius 1 is 1.14 bits per heavy atom. The Morgan fingerprint density at radius 2 is 1.96 bits per heavy atom. The molecule has 3 aromatic heterocycles. The third-order valence-electron chi connectivity index (χ3n) is 5.06. The summed E-state index contributed by atoms with van der Waals surface area (Å²) in [4.78, 5) is 29.9. The molecule has 8 nitrogen and oxygen atoms in total. The number of ether oxygens (including phenoxy) is 1. The number of morpholine rings is 1. The number of pyridine rings is 1. The number of benzene rings is 1. The van der Waals surface area contributed by atoms with E-state index in [-0.39, 0.29) is 5.91 Å². The van der Waals surface area contributed by atoms with E-state index in [1.807, 2.05) is 42.2 Å². The summed E-state index contributed by atoms with van der Waals surface area (Å²) in [6, 6.07) is 9.60. The van der Waals surface area contributed by atoms with Crippen LogP contribution in [0.2, 0.25) is 0 Å². The van der Waals surface area contributed by atoms with Gasteiger partial charge >= 0.3 is 0 Å². The fourth-order valence-corrected chi connectivity index (χ4v) is 3.69. The van der Waals surface area contributed by atoms with Crippen molar-refractivity contribution < 1.29 is 9.53 Å². The maximum atomic E-state index is 12.8. The Bertz CT molecular complexity index is 1200. The van der Waals surface area contributed by atoms with E-state index >= 15 is 0 Å². The summed E-state index contributed by atoms with van der Waals surface area (Å²) in [5, 5.41) is 1.02. The third kappa shape index (κ3) is 2.78. The molecule has 0 atom stereocenters. The average molecular weight is 376 g/mol. The van der Waals surface area contributed by atoms with E-state index in [1.54, 1.807) is 0 Å². The van der Waals surface area contributed by atoms with E-state index in [9.17, 15) is 4.79 Å². The molecule has 0 spiro atoms. The minimum absolute atomic E-state index is 0.0288. The number of nitrogens with two attached hydrogens (primary N) is 1. The molecule has 28 heavy (non-hydrogen) atoms. The lowest BCUT2D eigenvalue weighted by Crippen LogP contribution is -2.40. The molecule has 5 rings (SSSR count). The van der Waals surface area contributed by atoms with Crippen molar-refractivity contribution in [2.75, 3.05) is 32.0 Å². The summed E-state index contributed by atoms with van der Waals surface area (Å²) >= 11 is 0. The van der Waals surface area contributed by atoms with Crippen LogP contribution in [0.4, 0.5) is 5.82 Å². The molecular formula is C20H20N6O2. The van der Waals surface area contributed by atoms with Gasteiger partial charge in [0.25, 0.3) is 5.91 Å². The van der Waals surface area contributed by atoms with Gasteiger partial charge in [-0.2, -0.15) is 0 Å². The highest BCUT2D eigenvalue weighted by atomic mass is 16.5. The van der Waals surface area contributed by atoms with Gasteiger partial charge in [0.1, 0.15) is 11.6 Å². The number of carbonyl (C=O) groups is 1. The monoisotopic (exact) mass is 376 g/mol. The van der Waals surface area contributed by atoms with Gasteiger partial charge in [-0.25, -0.2) is 9.97 Å². The van der Waals surface area contributed by atoms with Gasteiger partial charge in [-0.1, -0.05) is 6.07 Å². The van der Waals surface area contributed by atoms with Crippen LogP contribution in [0.1, 0.15) is 16.2 Å². The number of anilines is 1. The molecule has 4 aromatic rings. The molecule has 1 amide bonds. The lowest BCUT2D eigenvalue weighted by molar-refractivity contribution is 0.0303. The zero-order valence-corrected chi connectivity index (χ0v) is 15.5. The first kappa shape index (κ1) is 16.8. The van der Waals surface area contributed by atoms with Gasteiger partial charge in [0.05, 0.1) is 18.7 Å². The van der Waals surface area contributed by atoms with Crippen molar-refractivity contribution >= 4 is 33.8 Å². The predicted molar refractivity (Wildman–Crippen MR) is 107 cm³/mol. The van der Waals surface area contributed by atoms with Gasteiger partial charge in [-0.15, -0.1) is 0 Å². The lowest BCUT2D eigenvalue weighted by Gasteiger charge is -2.26. The van der Waals surface area contributed by atoms with E-state index in [2.05, 4.69) is 19.9 Å². The molecule has 0 aliphatic carbocycles. The fraction of sp³-hybridized carbons (Fsp3) is 0.250. The summed E-state index contributed by atoms with van der Waals surface area (Å²) in [6.45, 7) is 4.31. The van der Waals surface area contributed by atoms with Crippen molar-refractivity contribution in [1.29, 1.82) is 0 Å². The van der Waals surface area contributed by atoms with Crippen molar-refractivity contribution in [1.82, 2.24) is 24.8 Å². The van der Waals surface area contributed by atoms with Gasteiger partial charge in [0.15, 0.2) is 5.65 Å². The largest absolute Gasteiger partial charge is 0.384 e. The van der Waals surface area contributed by atoms with Gasteiger partial charge in [-0.3, -0.25) is 4.79 Å². The Kier molecular flexibility index (Phi) is 3.80. The lowest BCUT2D eigenvalue weighted by atomic mass is 10.1. The smallest absolute Gasteiger partial charge is 0.254 e. The number of aryl methyl sites for hydroxylation is 1. The molecule has 1 aromatic carbocycles. The number of aromatic nitrogens is 4. The van der Waals surface area contributed by atoms with Crippen LogP contribution in [-0.4, -0.2) is 57.0 Å². The van der Waals surface area contributed by atoms with Crippen LogP contribution in [0.5, 0.6) is 0 Å². The van der Waals surface area contributed by atoms with Gasteiger partial charge in [0, 0.05) is 40.8 Å². The van der Waals surface area contributed by atoms with E-state index in [0.29, 0.717) is 43.3 Å². The zero-order valence-electron chi connectivity index (χ0n) is 15.5. The fourth-order valence-electron chi connectivity index (χ4n) is 3.69. The van der Waals surface area contributed by atoms with Crippen molar-refractivity contribution in [3.8, 4) is 11.3 Å². The van der Waals surface area contributed by atoms with Gasteiger partial charge in [-0.05, 0) is 31.2 Å². The van der Waals surface area contributed by atoms with Crippen LogP contribution >= 0.6 is 0 Å². The highest BCUT2D eigenvalue weighted by molar-refractivity contribution is 6.00. The van der Waals surface area contributed by atoms with Crippen molar-refractivity contribution in [2.24, 2.45) is 0 Å². The number of carbonyl (C=O) groups excluding carboxylic acids is 1. The average Bonchev–Trinajstić information content (AvgIpc) is 3.29. The Morgan fingerprint density at radius 3 is 2.79 bits per heavy atom. The second-order valence-corrected chi connectivity index (χ2v) is 7.01. The van der Waals surface area contributed by atoms with Crippen LogP contribution in [0.15, 0.2) is 30.3 Å². The predicted octanol–water partition coefficient (Wildman–Crippen LogP) is 2.47. The van der Waals surface area contributed by atoms with Crippen LogP contribution in [0, 0.1) is 6.92 Å². The number of amides is 1. The molecule has 1 aliphatic rings. The number of rotatable bonds is 2. The SMILES string of the molecule is Cc1nc2nc(N)cc(-c3cc4ccc(C(=O)N5CCOCC5)cc4[nH]3)c2[nH]1. The highest BCUT2D eigenvalue weighted by Crippen LogP contribution is 2.30. The van der Waals surface area contributed by atoms with Crippen LogP contribution < -0.4 is 5.73 Å². The molecular weight excluding hydrogens is 356 g/mol. The summed E-state index contributed by atoms with van der Waals surface area (Å²) in [7, 11) is 0. The molecule has 4 N–H and O–H groups in total. The van der Waals surface area contributed by atoms with E-state index in [1.165, 1.54) is 0 Å². The number of aromatic amines is 2. The number of nitrogens with one attached hydrogen (secondary N) is 2. The van der Waals surface area contributed by atoms with E-state index in [4.69, 9.17) is 10.5 Å². The van der Waals surface area contributed by atoms with Crippen molar-refractivity contribution in [3.63, 3.8) is 0 Å². The summed E-state index contributed by atoms with van der Waals surface area (Å²) in [5.41, 5.74) is 10.8. The zero-order chi connectivity index (χ0) is 19.3. The van der Waals surface area contributed by atoms with E-state index < -0.39 is 0 Å². The molecule has 1 saturated heterocycles. The summed E-state index contributed by atoms with van der Waals surface area (Å²) < 4.78 is 5.33. The summed E-state index contributed by atoms with van der Waals surface area (Å²) in [5.74, 6) is 1.22. The molecule has 1 aliphatic heterocycles. The Balaban J connectivity index is 1.56. The molecule has 0 radical (unpaired) electrons. The number of H-pyrrole nitrogens is 2. The molecule has 8 heteroatoms. The molecule has 1 fully saturated rings. The first-order valence-electron chi connectivity index (χ1n) is 9.21. The number of hydrogen-bond donors (Lipinski definition) is 3. The summed E-state index contributed by atoms with van der Waals surface area (Å²) in [6.07, 6.45) is 0. The second-order valence-electron chi connectivity index (χ2n) is 7.01. The molecule has 0 saturated carbocycles. The minimum atomic E-state index is 0.0288. The molecule has 142 valence electrons. The standard InChI is InChI=1S/C20H20N6O2/c1-11-22-18-14(10-17(21)25-19(18)23-11)16-8-12-2-3-13(9-15(12)24-16)20(27)26-4-6-28-7-5-26/h2-3,8-10,24H,4-7H2,1H3,(H3,21,22,23,25). The topological polar surface area (TPSA) is 113 Å². The van der Waals surface area contributed by atoms with Gasteiger partial charge < -0.3 is 25.3 Å². The van der Waals surface area contributed by atoms with Crippen LogP contribution in [0.25, 0.3) is 33.3 Å². The number of nitrogens with zero attached hydrogens (tertiary/aromatic N) is 3. The number of hydrogen-bond acceptors (Lipinski definition) is 5. The van der Waals surface area contributed by atoms with Crippen molar-refractivity contribution in [2.45, 2.75) is 6.92 Å². The Hall–Kier alpha value is -3.39. The maximum absolute atomic E-state index is 12.8. The normalized spacial score (nSPS) is 14.8. The maximum Gasteiger partial charge on any atom is 0.254 e. The van der Waals surface area contributed by atoms with Crippen LogP contribution in [-0.2, 0) is 4.74 Å². The van der Waals surface area contributed by atoms with E-state index in [0.717, 1.165) is 33.5 Å². The number of nitrogen functional groups attached to an aromatic ring is 1. The third-order valence-corrected chi connectivity index (χ3v) is 5.06. The first-order valence-corrected chi connectivity index (χ1v) is 9.21. The first-order chi connectivity index (χ1) is 13.6. The molecule has 4 heterocycles. The highest BCUT2D eigenvalue weighted by Gasteiger charge is 2.19. The number of imidazole rings is 1. The Labute approximate surface area is 160 Å². The second kappa shape index (κ2) is 6.35. The van der Waals surface area contributed by atoms with Gasteiger partial charge in [0.2, 0.25) is 0 Å². The van der Waals surface area contributed by atoms with Crippen LogP contribution in [0.3, 0.4) is 0 Å².